The zero-order chi connectivity index (χ0) is 13.7. The summed E-state index contributed by atoms with van der Waals surface area (Å²) in [5.74, 6) is -2.06. The third kappa shape index (κ3) is 3.97. The Hall–Kier alpha value is -1.67. The first kappa shape index (κ1) is 14.4. The number of aliphatic hydroxyl groups excluding tert-OH is 1. The van der Waals surface area contributed by atoms with E-state index in [1.54, 1.807) is 0 Å². The van der Waals surface area contributed by atoms with Gasteiger partial charge in [-0.25, -0.2) is 14.0 Å². The van der Waals surface area contributed by atoms with E-state index >= 15 is 0 Å². The van der Waals surface area contributed by atoms with Crippen LogP contribution in [0.4, 0.5) is 14.9 Å². The van der Waals surface area contributed by atoms with E-state index in [9.17, 15) is 14.0 Å². The number of benzene rings is 1. The highest BCUT2D eigenvalue weighted by Gasteiger charge is 2.19. The predicted octanol–water partition coefficient (Wildman–Crippen LogP) is 1.16. The second-order valence-corrected chi connectivity index (χ2v) is 4.21. The molecule has 0 bridgehead atoms. The quantitative estimate of drug-likeness (QED) is 0.669. The maximum atomic E-state index is 13.4. The van der Waals surface area contributed by atoms with Gasteiger partial charge in [0.2, 0.25) is 0 Å². The topological polar surface area (TPSA) is 98.7 Å². The van der Waals surface area contributed by atoms with Crippen LogP contribution >= 0.6 is 15.9 Å². The second-order valence-electron chi connectivity index (χ2n) is 3.30. The molecule has 0 spiro atoms. The van der Waals surface area contributed by atoms with Crippen LogP contribution < -0.4 is 10.6 Å². The van der Waals surface area contributed by atoms with Gasteiger partial charge >= 0.3 is 12.0 Å². The van der Waals surface area contributed by atoms with E-state index in [-0.39, 0.29) is 5.69 Å². The minimum absolute atomic E-state index is 0.0993. The minimum atomic E-state index is -1.44. The van der Waals surface area contributed by atoms with Crippen molar-refractivity contribution in [2.45, 2.75) is 6.04 Å². The van der Waals surface area contributed by atoms with Crippen molar-refractivity contribution >= 4 is 33.6 Å². The van der Waals surface area contributed by atoms with Crippen molar-refractivity contribution in [2.75, 3.05) is 11.9 Å². The molecule has 0 saturated carbocycles. The standard InChI is InChI=1S/C10H10BrFN2O4/c11-5-1-2-7(6(12)3-5)13-10(18)14-8(4-15)9(16)17/h1-3,8,15H,4H2,(H,16,17)(H2,13,14,18)/t8-/m1/s1. The first-order valence-corrected chi connectivity index (χ1v) is 5.59. The molecular formula is C10H10BrFN2O4. The van der Waals surface area contributed by atoms with E-state index < -0.39 is 30.5 Å². The number of anilines is 1. The van der Waals surface area contributed by atoms with Crippen molar-refractivity contribution in [2.24, 2.45) is 0 Å². The Bertz CT molecular complexity index is 469. The van der Waals surface area contributed by atoms with Gasteiger partial charge in [-0.2, -0.15) is 0 Å². The Kier molecular flexibility index (Phi) is 5.05. The zero-order valence-corrected chi connectivity index (χ0v) is 10.6. The number of amides is 2. The molecule has 6 nitrogen and oxygen atoms in total. The Morgan fingerprint density at radius 3 is 2.61 bits per heavy atom. The molecule has 0 fully saturated rings. The number of aliphatic hydroxyl groups is 1. The maximum Gasteiger partial charge on any atom is 0.328 e. The number of rotatable bonds is 4. The van der Waals surface area contributed by atoms with E-state index in [0.717, 1.165) is 6.07 Å². The molecule has 18 heavy (non-hydrogen) atoms. The average molecular weight is 321 g/mol. The first-order valence-electron chi connectivity index (χ1n) is 4.80. The number of carboxylic acid groups (broad SMARTS) is 1. The number of nitrogens with one attached hydrogen (secondary N) is 2. The van der Waals surface area contributed by atoms with E-state index in [2.05, 4.69) is 21.2 Å². The summed E-state index contributed by atoms with van der Waals surface area (Å²) in [6.07, 6.45) is 0. The van der Waals surface area contributed by atoms with E-state index in [1.165, 1.54) is 12.1 Å². The highest BCUT2D eigenvalue weighted by atomic mass is 79.9. The number of hydrogen-bond donors (Lipinski definition) is 4. The van der Waals surface area contributed by atoms with Crippen LogP contribution in [-0.4, -0.2) is 34.9 Å². The minimum Gasteiger partial charge on any atom is -0.480 e. The van der Waals surface area contributed by atoms with Crippen LogP contribution in [0.1, 0.15) is 0 Å². The van der Waals surface area contributed by atoms with Crippen molar-refractivity contribution in [3.63, 3.8) is 0 Å². The summed E-state index contributed by atoms with van der Waals surface area (Å²) >= 11 is 3.05. The lowest BCUT2D eigenvalue weighted by Crippen LogP contribution is -2.45. The average Bonchev–Trinajstić information content (AvgIpc) is 2.29. The first-order chi connectivity index (χ1) is 8.43. The SMILES string of the molecule is O=C(Nc1ccc(Br)cc1F)N[C@H](CO)C(=O)O. The zero-order valence-electron chi connectivity index (χ0n) is 8.98. The molecule has 98 valence electrons. The summed E-state index contributed by atoms with van der Waals surface area (Å²) in [4.78, 5) is 21.9. The maximum absolute atomic E-state index is 13.4. The number of carbonyl (C=O) groups excluding carboxylic acids is 1. The summed E-state index contributed by atoms with van der Waals surface area (Å²) in [6, 6.07) is 1.62. The molecule has 0 aliphatic heterocycles. The molecule has 0 heterocycles. The molecule has 0 aliphatic rings. The van der Waals surface area contributed by atoms with Gasteiger partial charge < -0.3 is 20.8 Å². The van der Waals surface area contributed by atoms with Crippen LogP contribution in [0.25, 0.3) is 0 Å². The lowest BCUT2D eigenvalue weighted by atomic mass is 10.3. The summed E-state index contributed by atoms with van der Waals surface area (Å²) < 4.78 is 13.9. The largest absolute Gasteiger partial charge is 0.480 e. The van der Waals surface area contributed by atoms with Gasteiger partial charge in [0.15, 0.2) is 6.04 Å². The number of aliphatic carboxylic acids is 1. The van der Waals surface area contributed by atoms with Crippen molar-refractivity contribution in [1.29, 1.82) is 0 Å². The van der Waals surface area contributed by atoms with Crippen molar-refractivity contribution in [3.05, 3.63) is 28.5 Å². The van der Waals surface area contributed by atoms with Gasteiger partial charge in [0.1, 0.15) is 5.82 Å². The Morgan fingerprint density at radius 1 is 1.44 bits per heavy atom. The lowest BCUT2D eigenvalue weighted by Gasteiger charge is -2.13. The third-order valence-corrected chi connectivity index (χ3v) is 2.46. The van der Waals surface area contributed by atoms with E-state index in [0.29, 0.717) is 4.47 Å². The molecule has 1 aromatic carbocycles. The molecule has 0 radical (unpaired) electrons. The smallest absolute Gasteiger partial charge is 0.328 e. The van der Waals surface area contributed by atoms with Crippen molar-refractivity contribution in [3.8, 4) is 0 Å². The predicted molar refractivity (Wildman–Crippen MR) is 64.8 cm³/mol. The fourth-order valence-corrected chi connectivity index (χ4v) is 1.43. The normalized spacial score (nSPS) is 11.7. The molecule has 1 rings (SSSR count). The third-order valence-electron chi connectivity index (χ3n) is 1.97. The Morgan fingerprint density at radius 2 is 2.11 bits per heavy atom. The molecule has 1 aromatic rings. The van der Waals surface area contributed by atoms with Crippen LogP contribution in [0.5, 0.6) is 0 Å². The number of urea groups is 1. The Balaban J connectivity index is 2.67. The molecule has 0 aromatic heterocycles. The van der Waals surface area contributed by atoms with Gasteiger partial charge in [0.25, 0.3) is 0 Å². The molecule has 0 unspecified atom stereocenters. The monoisotopic (exact) mass is 320 g/mol. The Labute approximate surface area is 110 Å². The second kappa shape index (κ2) is 6.31. The molecule has 2 amide bonds. The fourth-order valence-electron chi connectivity index (χ4n) is 1.09. The molecule has 1 atom stereocenters. The number of hydrogen-bond acceptors (Lipinski definition) is 3. The summed E-state index contributed by atoms with van der Waals surface area (Å²) in [5.41, 5.74) is -0.0993. The number of carbonyl (C=O) groups is 2. The van der Waals surface area contributed by atoms with Gasteiger partial charge in [-0.1, -0.05) is 15.9 Å². The molecule has 8 heteroatoms. The number of carboxylic acids is 1. The van der Waals surface area contributed by atoms with Crippen LogP contribution in [-0.2, 0) is 4.79 Å². The van der Waals surface area contributed by atoms with Crippen molar-refractivity contribution in [1.82, 2.24) is 5.32 Å². The van der Waals surface area contributed by atoms with Crippen LogP contribution in [0.15, 0.2) is 22.7 Å². The van der Waals surface area contributed by atoms with Gasteiger partial charge in [-0.05, 0) is 18.2 Å². The van der Waals surface area contributed by atoms with E-state index in [4.69, 9.17) is 10.2 Å². The number of halogens is 2. The van der Waals surface area contributed by atoms with Crippen LogP contribution in [0.3, 0.4) is 0 Å². The molecular weight excluding hydrogens is 311 g/mol. The van der Waals surface area contributed by atoms with Gasteiger partial charge in [-0.15, -0.1) is 0 Å². The lowest BCUT2D eigenvalue weighted by molar-refractivity contribution is -0.140. The van der Waals surface area contributed by atoms with Gasteiger partial charge in [0.05, 0.1) is 12.3 Å². The van der Waals surface area contributed by atoms with E-state index in [1.807, 2.05) is 5.32 Å². The van der Waals surface area contributed by atoms with Crippen LogP contribution in [0.2, 0.25) is 0 Å². The summed E-state index contributed by atoms with van der Waals surface area (Å²) in [5, 5.41) is 21.4. The molecule has 4 N–H and O–H groups in total. The van der Waals surface area contributed by atoms with Crippen LogP contribution in [0, 0.1) is 5.82 Å². The summed E-state index contributed by atoms with van der Waals surface area (Å²) in [7, 11) is 0. The molecule has 0 aliphatic carbocycles. The van der Waals surface area contributed by atoms with Crippen molar-refractivity contribution < 1.29 is 24.2 Å². The highest BCUT2D eigenvalue weighted by Crippen LogP contribution is 2.19. The van der Waals surface area contributed by atoms with Gasteiger partial charge in [0, 0.05) is 4.47 Å². The fraction of sp³-hybridized carbons (Fsp3) is 0.200. The summed E-state index contributed by atoms with van der Waals surface area (Å²) in [6.45, 7) is -0.758. The van der Waals surface area contributed by atoms with Gasteiger partial charge in [-0.3, -0.25) is 0 Å². The highest BCUT2D eigenvalue weighted by molar-refractivity contribution is 9.10. The molecule has 0 saturated heterocycles.